The van der Waals surface area contributed by atoms with Crippen molar-refractivity contribution in [3.05, 3.63) is 12.7 Å². The minimum Gasteiger partial charge on any atom is -0.444 e. The summed E-state index contributed by atoms with van der Waals surface area (Å²) in [6.45, 7) is 18.6. The summed E-state index contributed by atoms with van der Waals surface area (Å²) in [6, 6.07) is -2.97. The predicted octanol–water partition coefficient (Wildman–Crippen LogP) is 1.52. The number of hydrogen-bond acceptors (Lipinski definition) is 6. The first kappa shape index (κ1) is 28.3. The highest BCUT2D eigenvalue weighted by Gasteiger charge is 2.69. The molecule has 2 aliphatic rings. The van der Waals surface area contributed by atoms with Crippen molar-refractivity contribution in [3.63, 3.8) is 0 Å². The van der Waals surface area contributed by atoms with Crippen molar-refractivity contribution in [2.24, 2.45) is 28.4 Å². The molecule has 0 bridgehead atoms. The first-order valence-electron chi connectivity index (χ1n) is 11.9. The first-order chi connectivity index (χ1) is 15.8. The number of fused-ring (bicyclic) bond motifs is 1. The highest BCUT2D eigenvalue weighted by molar-refractivity contribution is 6.37. The van der Waals surface area contributed by atoms with Crippen LogP contribution in [0, 0.1) is 22.7 Å². The molecule has 5 atom stereocenters. The van der Waals surface area contributed by atoms with E-state index in [0.717, 1.165) is 0 Å². The number of carbonyl (C=O) groups is 5. The topological polar surface area (TPSA) is 148 Å². The van der Waals surface area contributed by atoms with Crippen LogP contribution in [0.3, 0.4) is 0 Å². The lowest BCUT2D eigenvalue weighted by Gasteiger charge is -2.38. The molecule has 0 radical (unpaired) electrons. The van der Waals surface area contributed by atoms with Crippen LogP contribution in [0.15, 0.2) is 12.7 Å². The van der Waals surface area contributed by atoms with Gasteiger partial charge in [-0.05, 0) is 49.9 Å². The lowest BCUT2D eigenvalue weighted by molar-refractivity contribution is -0.145. The van der Waals surface area contributed by atoms with E-state index < -0.39 is 58.7 Å². The Bertz CT molecular complexity index is 914. The van der Waals surface area contributed by atoms with Gasteiger partial charge in [0.25, 0.3) is 5.91 Å². The zero-order chi connectivity index (χ0) is 27.1. The van der Waals surface area contributed by atoms with Crippen LogP contribution in [0.25, 0.3) is 0 Å². The van der Waals surface area contributed by atoms with E-state index in [0.29, 0.717) is 6.54 Å². The minimum atomic E-state index is -1.16. The van der Waals surface area contributed by atoms with Crippen LogP contribution >= 0.6 is 0 Å². The standard InChI is InChI=1S/C25H40N4O6/c1-10-11-14(17(30)19(26)31)27-20(32)16-15-13(25(15,8)9)12-29(16)21(33)18(23(2,3)4)28-22(34)35-24(5,6)7/h10,13-16,18H,1,11-12H2,2-9H3,(H2,26,31)(H,27,32)(H,28,34). The lowest BCUT2D eigenvalue weighted by Crippen LogP contribution is -2.60. The number of alkyl carbamates (subject to hydrolysis) is 1. The van der Waals surface area contributed by atoms with Crippen molar-refractivity contribution in [2.45, 2.75) is 85.5 Å². The molecule has 4 amide bonds. The first-order valence-corrected chi connectivity index (χ1v) is 11.9. The number of nitrogens with one attached hydrogen (secondary N) is 2. The third-order valence-electron chi connectivity index (χ3n) is 6.81. The van der Waals surface area contributed by atoms with E-state index in [-0.39, 0.29) is 23.7 Å². The summed E-state index contributed by atoms with van der Waals surface area (Å²) in [4.78, 5) is 64.8. The number of primary amides is 1. The summed E-state index contributed by atoms with van der Waals surface area (Å²) in [7, 11) is 0. The van der Waals surface area contributed by atoms with Gasteiger partial charge in [-0.2, -0.15) is 0 Å². The number of ether oxygens (including phenoxy) is 1. The molecule has 1 saturated heterocycles. The molecule has 1 saturated carbocycles. The van der Waals surface area contributed by atoms with Gasteiger partial charge in [-0.15, -0.1) is 6.58 Å². The van der Waals surface area contributed by atoms with Crippen molar-refractivity contribution in [1.82, 2.24) is 15.5 Å². The number of rotatable bonds is 8. The van der Waals surface area contributed by atoms with E-state index in [4.69, 9.17) is 10.5 Å². The molecule has 0 aromatic carbocycles. The number of amides is 4. The fourth-order valence-corrected chi connectivity index (χ4v) is 4.88. The molecule has 10 nitrogen and oxygen atoms in total. The quantitative estimate of drug-likeness (QED) is 0.346. The van der Waals surface area contributed by atoms with Gasteiger partial charge in [0.2, 0.25) is 17.6 Å². The summed E-state index contributed by atoms with van der Waals surface area (Å²) in [6.07, 6.45) is 0.707. The smallest absolute Gasteiger partial charge is 0.408 e. The van der Waals surface area contributed by atoms with Gasteiger partial charge in [0.15, 0.2) is 0 Å². The molecule has 4 N–H and O–H groups in total. The average molecular weight is 493 g/mol. The molecule has 0 aromatic heterocycles. The highest BCUT2D eigenvalue weighted by atomic mass is 16.6. The maximum atomic E-state index is 13.8. The number of hydrogen-bond donors (Lipinski definition) is 3. The fourth-order valence-electron chi connectivity index (χ4n) is 4.88. The molecule has 0 spiro atoms. The van der Waals surface area contributed by atoms with Crippen LogP contribution in [0.1, 0.15) is 61.8 Å². The molecule has 1 heterocycles. The van der Waals surface area contributed by atoms with E-state index in [1.165, 1.54) is 11.0 Å². The largest absolute Gasteiger partial charge is 0.444 e. The monoisotopic (exact) mass is 492 g/mol. The van der Waals surface area contributed by atoms with Crippen LogP contribution < -0.4 is 16.4 Å². The molecule has 2 rings (SSSR count). The Morgan fingerprint density at radius 3 is 2.14 bits per heavy atom. The van der Waals surface area contributed by atoms with Gasteiger partial charge in [0.05, 0.1) is 0 Å². The summed E-state index contributed by atoms with van der Waals surface area (Å²) >= 11 is 0. The van der Waals surface area contributed by atoms with E-state index in [1.54, 1.807) is 20.8 Å². The van der Waals surface area contributed by atoms with Crippen molar-refractivity contribution >= 4 is 29.6 Å². The number of carbonyl (C=O) groups excluding carboxylic acids is 5. The molecule has 1 aliphatic heterocycles. The van der Waals surface area contributed by atoms with E-state index >= 15 is 0 Å². The Balaban J connectivity index is 2.32. The molecular formula is C25H40N4O6. The average Bonchev–Trinajstić information content (AvgIpc) is 3.03. The van der Waals surface area contributed by atoms with Gasteiger partial charge < -0.3 is 26.0 Å². The number of nitrogens with zero attached hydrogens (tertiary/aromatic N) is 1. The lowest BCUT2D eigenvalue weighted by atomic mass is 9.85. The zero-order valence-corrected chi connectivity index (χ0v) is 22.1. The second kappa shape index (κ2) is 9.62. The van der Waals surface area contributed by atoms with E-state index in [2.05, 4.69) is 17.2 Å². The third kappa shape index (κ3) is 6.21. The van der Waals surface area contributed by atoms with Gasteiger partial charge in [-0.1, -0.05) is 40.7 Å². The SMILES string of the molecule is C=CCC(NC(=O)C1C2C(CN1C(=O)C(NC(=O)OC(C)(C)C)C(C)(C)C)C2(C)C)C(=O)C(N)=O. The molecule has 196 valence electrons. The number of ketones is 1. The summed E-state index contributed by atoms with van der Waals surface area (Å²) in [5, 5.41) is 5.29. The molecule has 35 heavy (non-hydrogen) atoms. The molecule has 0 aromatic rings. The van der Waals surface area contributed by atoms with Crippen LogP contribution in [0.2, 0.25) is 0 Å². The summed E-state index contributed by atoms with van der Waals surface area (Å²) < 4.78 is 5.35. The Labute approximate surface area is 207 Å². The van der Waals surface area contributed by atoms with Crippen molar-refractivity contribution in [1.29, 1.82) is 0 Å². The Morgan fingerprint density at radius 2 is 1.69 bits per heavy atom. The maximum absolute atomic E-state index is 13.8. The Morgan fingerprint density at radius 1 is 1.11 bits per heavy atom. The zero-order valence-electron chi connectivity index (χ0n) is 22.1. The Kier molecular flexibility index (Phi) is 7.79. The molecule has 1 aliphatic carbocycles. The number of Topliss-reactive ketones (excluding diaryl/α,β-unsaturated/α-hetero) is 1. The van der Waals surface area contributed by atoms with Gasteiger partial charge in [0, 0.05) is 6.54 Å². The minimum absolute atomic E-state index is 0.0243. The fraction of sp³-hybridized carbons (Fsp3) is 0.720. The van der Waals surface area contributed by atoms with E-state index in [9.17, 15) is 24.0 Å². The van der Waals surface area contributed by atoms with Crippen LogP contribution in [0.5, 0.6) is 0 Å². The molecule has 5 unspecified atom stereocenters. The number of piperidine rings is 1. The Hall–Kier alpha value is -2.91. The highest BCUT2D eigenvalue weighted by Crippen LogP contribution is 2.65. The molecule has 10 heteroatoms. The van der Waals surface area contributed by atoms with Gasteiger partial charge in [-0.25, -0.2) is 4.79 Å². The van der Waals surface area contributed by atoms with Crippen LogP contribution in [0.4, 0.5) is 4.79 Å². The van der Waals surface area contributed by atoms with Gasteiger partial charge in [-0.3, -0.25) is 19.2 Å². The molecule has 2 fully saturated rings. The number of likely N-dealkylation sites (tertiary alicyclic amines) is 1. The van der Waals surface area contributed by atoms with Crippen molar-refractivity contribution in [3.8, 4) is 0 Å². The predicted molar refractivity (Wildman–Crippen MR) is 130 cm³/mol. The van der Waals surface area contributed by atoms with E-state index in [1.807, 2.05) is 34.6 Å². The van der Waals surface area contributed by atoms with Crippen LogP contribution in [-0.4, -0.2) is 64.8 Å². The summed E-state index contributed by atoms with van der Waals surface area (Å²) in [5.41, 5.74) is 3.55. The second-order valence-electron chi connectivity index (χ2n) is 12.1. The third-order valence-corrected chi connectivity index (χ3v) is 6.81. The van der Waals surface area contributed by atoms with Gasteiger partial charge >= 0.3 is 6.09 Å². The summed E-state index contributed by atoms with van der Waals surface area (Å²) in [5.74, 6) is -3.07. The normalized spacial score (nSPS) is 24.5. The number of nitrogens with two attached hydrogens (primary N) is 1. The second-order valence-corrected chi connectivity index (χ2v) is 12.1. The van der Waals surface area contributed by atoms with Crippen molar-refractivity contribution in [2.75, 3.05) is 6.54 Å². The van der Waals surface area contributed by atoms with Crippen molar-refractivity contribution < 1.29 is 28.7 Å². The van der Waals surface area contributed by atoms with Gasteiger partial charge in [0.1, 0.15) is 23.7 Å². The molecular weight excluding hydrogens is 452 g/mol. The maximum Gasteiger partial charge on any atom is 0.408 e. The van der Waals surface area contributed by atoms with Crippen LogP contribution in [-0.2, 0) is 23.9 Å².